The van der Waals surface area contributed by atoms with Crippen molar-refractivity contribution in [2.75, 3.05) is 19.6 Å². The number of piperazine rings is 1. The Balaban J connectivity index is 1.10. The summed E-state index contributed by atoms with van der Waals surface area (Å²) in [4.78, 5) is 41.0. The smallest absolute Gasteiger partial charge is 0.335 e. The maximum Gasteiger partial charge on any atom is 0.335 e. The van der Waals surface area contributed by atoms with Gasteiger partial charge in [-0.05, 0) is 67.1 Å². The number of carboxylic acid groups (broad SMARTS) is 1. The Labute approximate surface area is 224 Å². The molecule has 3 fully saturated rings. The summed E-state index contributed by atoms with van der Waals surface area (Å²) in [6.07, 6.45) is 8.64. The van der Waals surface area contributed by atoms with Crippen LogP contribution in [-0.4, -0.2) is 64.4 Å². The quantitative estimate of drug-likeness (QED) is 0.535. The number of amides is 2. The number of nitrogens with zero attached hydrogens (tertiary/aromatic N) is 2. The Bertz CT molecular complexity index is 1120. The lowest BCUT2D eigenvalue weighted by atomic mass is 9.84. The summed E-state index contributed by atoms with van der Waals surface area (Å²) in [5.41, 5.74) is 1.40. The number of piperidine rings is 1. The molecule has 2 aromatic carbocycles. The number of nitrogens with one attached hydrogen (secondary N) is 1. The lowest BCUT2D eigenvalue weighted by Gasteiger charge is -2.42. The fraction of sp³-hybridized carbons (Fsp3) is 0.500. The summed E-state index contributed by atoms with van der Waals surface area (Å²) in [5, 5.41) is 12.0. The van der Waals surface area contributed by atoms with E-state index in [1.165, 1.54) is 49.8 Å². The molecule has 8 nitrogen and oxygen atoms in total. The van der Waals surface area contributed by atoms with E-state index in [9.17, 15) is 14.4 Å². The number of benzene rings is 2. The van der Waals surface area contributed by atoms with Crippen molar-refractivity contribution in [3.05, 3.63) is 59.7 Å². The monoisotopic (exact) mass is 519 g/mol. The van der Waals surface area contributed by atoms with Crippen molar-refractivity contribution < 1.29 is 24.2 Å². The highest BCUT2D eigenvalue weighted by Gasteiger charge is 2.38. The van der Waals surface area contributed by atoms with E-state index in [1.807, 2.05) is 29.2 Å². The number of rotatable bonds is 8. The number of carbonyl (C=O) groups is 3. The summed E-state index contributed by atoms with van der Waals surface area (Å²) in [6.45, 7) is 2.78. The standard InChI is InChI=1S/C30H37N3O5/c34-28-20-33(29(35)27(31-28)18-21-4-2-1-3-5-21)24-14-16-32(17-15-24)19-22-6-10-25(11-7-22)38-26-12-8-23(9-13-26)30(36)37/h6-13,21,24,27H,1-5,14-20H2,(H,31,34)(H,36,37)/t27-/m0/s1. The van der Waals surface area contributed by atoms with Crippen molar-refractivity contribution >= 4 is 17.8 Å². The number of hydrogen-bond acceptors (Lipinski definition) is 5. The van der Waals surface area contributed by atoms with E-state index < -0.39 is 5.97 Å². The maximum atomic E-state index is 13.3. The van der Waals surface area contributed by atoms with E-state index in [4.69, 9.17) is 9.84 Å². The maximum absolute atomic E-state index is 13.3. The first-order valence-corrected chi connectivity index (χ1v) is 13.9. The van der Waals surface area contributed by atoms with Crippen molar-refractivity contribution in [3.63, 3.8) is 0 Å². The average Bonchev–Trinajstić information content (AvgIpc) is 2.93. The molecule has 38 heavy (non-hydrogen) atoms. The molecule has 3 aliphatic rings. The molecule has 5 rings (SSSR count). The van der Waals surface area contributed by atoms with Gasteiger partial charge in [-0.3, -0.25) is 14.5 Å². The van der Waals surface area contributed by atoms with Gasteiger partial charge in [0.25, 0.3) is 0 Å². The van der Waals surface area contributed by atoms with E-state index in [0.29, 0.717) is 17.4 Å². The first-order valence-electron chi connectivity index (χ1n) is 13.9. The van der Waals surface area contributed by atoms with E-state index in [2.05, 4.69) is 10.2 Å². The highest BCUT2D eigenvalue weighted by molar-refractivity contribution is 5.95. The van der Waals surface area contributed by atoms with Gasteiger partial charge in [0.1, 0.15) is 17.5 Å². The molecule has 2 saturated heterocycles. The fourth-order valence-corrected chi connectivity index (χ4v) is 6.07. The third-order valence-electron chi connectivity index (χ3n) is 8.19. The molecule has 2 aliphatic heterocycles. The first kappa shape index (κ1) is 26.2. The molecule has 2 heterocycles. The number of hydrogen-bond donors (Lipinski definition) is 2. The fourth-order valence-electron chi connectivity index (χ4n) is 6.07. The molecule has 0 unspecified atom stereocenters. The van der Waals surface area contributed by atoms with Crippen molar-refractivity contribution in [2.45, 2.75) is 70.0 Å². The van der Waals surface area contributed by atoms with E-state index in [0.717, 1.165) is 38.9 Å². The normalized spacial score (nSPS) is 21.8. The average molecular weight is 520 g/mol. The van der Waals surface area contributed by atoms with Crippen LogP contribution in [0, 0.1) is 5.92 Å². The third-order valence-corrected chi connectivity index (χ3v) is 8.19. The van der Waals surface area contributed by atoms with Crippen molar-refractivity contribution in [3.8, 4) is 11.5 Å². The topological polar surface area (TPSA) is 99.2 Å². The van der Waals surface area contributed by atoms with Crippen LogP contribution < -0.4 is 10.1 Å². The zero-order chi connectivity index (χ0) is 26.5. The van der Waals surface area contributed by atoms with Crippen LogP contribution in [0.2, 0.25) is 0 Å². The SMILES string of the molecule is O=C1CN(C2CCN(Cc3ccc(Oc4ccc(C(=O)O)cc4)cc3)CC2)C(=O)[C@H](CC2CCCCC2)N1. The molecule has 0 radical (unpaired) electrons. The first-order chi connectivity index (χ1) is 18.4. The second-order valence-corrected chi connectivity index (χ2v) is 10.9. The van der Waals surface area contributed by atoms with Gasteiger partial charge in [0.2, 0.25) is 11.8 Å². The summed E-state index contributed by atoms with van der Waals surface area (Å²) in [6, 6.07) is 14.0. The molecule has 1 atom stereocenters. The van der Waals surface area contributed by atoms with E-state index in [1.54, 1.807) is 12.1 Å². The predicted octanol–water partition coefficient (Wildman–Crippen LogP) is 4.44. The van der Waals surface area contributed by atoms with Gasteiger partial charge in [-0.25, -0.2) is 4.79 Å². The second-order valence-electron chi connectivity index (χ2n) is 10.9. The van der Waals surface area contributed by atoms with Gasteiger partial charge in [0.15, 0.2) is 0 Å². The van der Waals surface area contributed by atoms with Crippen LogP contribution in [0.5, 0.6) is 11.5 Å². The Morgan fingerprint density at radius 2 is 1.53 bits per heavy atom. The summed E-state index contributed by atoms with van der Waals surface area (Å²) >= 11 is 0. The Morgan fingerprint density at radius 3 is 2.16 bits per heavy atom. The molecule has 1 saturated carbocycles. The molecule has 202 valence electrons. The lowest BCUT2D eigenvalue weighted by molar-refractivity contribution is -0.148. The van der Waals surface area contributed by atoms with E-state index >= 15 is 0 Å². The minimum Gasteiger partial charge on any atom is -0.478 e. The van der Waals surface area contributed by atoms with Crippen molar-refractivity contribution in [1.82, 2.24) is 15.1 Å². The number of ether oxygens (including phenoxy) is 1. The van der Waals surface area contributed by atoms with Crippen LogP contribution in [0.25, 0.3) is 0 Å². The molecular formula is C30H37N3O5. The Kier molecular flexibility index (Phi) is 8.27. The molecule has 0 bridgehead atoms. The minimum absolute atomic E-state index is 0.0204. The molecule has 0 aromatic heterocycles. The van der Waals surface area contributed by atoms with Crippen LogP contribution in [0.3, 0.4) is 0 Å². The van der Waals surface area contributed by atoms with Gasteiger partial charge in [-0.1, -0.05) is 44.2 Å². The van der Waals surface area contributed by atoms with Crippen LogP contribution in [0.4, 0.5) is 0 Å². The van der Waals surface area contributed by atoms with Gasteiger partial charge in [0, 0.05) is 25.7 Å². The third kappa shape index (κ3) is 6.54. The predicted molar refractivity (Wildman–Crippen MR) is 143 cm³/mol. The molecule has 0 spiro atoms. The van der Waals surface area contributed by atoms with E-state index in [-0.39, 0.29) is 36.0 Å². The number of carbonyl (C=O) groups excluding carboxylic acids is 2. The van der Waals surface area contributed by atoms with Crippen molar-refractivity contribution in [2.24, 2.45) is 5.92 Å². The van der Waals surface area contributed by atoms with Crippen LogP contribution in [0.1, 0.15) is 67.3 Å². The Hall–Kier alpha value is -3.39. The molecule has 1 aliphatic carbocycles. The summed E-state index contributed by atoms with van der Waals surface area (Å²) in [5.74, 6) is 0.965. The summed E-state index contributed by atoms with van der Waals surface area (Å²) in [7, 11) is 0. The number of aromatic carboxylic acids is 1. The highest BCUT2D eigenvalue weighted by Crippen LogP contribution is 2.29. The second kappa shape index (κ2) is 12.0. The lowest BCUT2D eigenvalue weighted by Crippen LogP contribution is -2.62. The van der Waals surface area contributed by atoms with Gasteiger partial charge in [-0.2, -0.15) is 0 Å². The molecular weight excluding hydrogens is 482 g/mol. The van der Waals surface area contributed by atoms with Gasteiger partial charge >= 0.3 is 5.97 Å². The number of likely N-dealkylation sites (tertiary alicyclic amines) is 1. The summed E-state index contributed by atoms with van der Waals surface area (Å²) < 4.78 is 5.84. The van der Waals surface area contributed by atoms with Crippen LogP contribution in [-0.2, 0) is 16.1 Å². The van der Waals surface area contributed by atoms with Gasteiger partial charge in [0.05, 0.1) is 12.1 Å². The zero-order valence-electron chi connectivity index (χ0n) is 21.8. The van der Waals surface area contributed by atoms with Crippen molar-refractivity contribution in [1.29, 1.82) is 0 Å². The Morgan fingerprint density at radius 1 is 0.895 bits per heavy atom. The largest absolute Gasteiger partial charge is 0.478 e. The van der Waals surface area contributed by atoms with Gasteiger partial charge < -0.3 is 20.1 Å². The minimum atomic E-state index is -0.961. The van der Waals surface area contributed by atoms with Gasteiger partial charge in [-0.15, -0.1) is 0 Å². The molecule has 2 aromatic rings. The zero-order valence-corrected chi connectivity index (χ0v) is 21.8. The molecule has 8 heteroatoms. The molecule has 2 amide bonds. The highest BCUT2D eigenvalue weighted by atomic mass is 16.5. The van der Waals surface area contributed by atoms with Crippen LogP contribution >= 0.6 is 0 Å². The molecule has 2 N–H and O–H groups in total. The number of carboxylic acids is 1. The van der Waals surface area contributed by atoms with Crippen LogP contribution in [0.15, 0.2) is 48.5 Å².